The molecule has 0 aromatic heterocycles. The Balaban J connectivity index is 1.43. The van der Waals surface area contributed by atoms with Crippen LogP contribution in [0.1, 0.15) is 29.9 Å². The quantitative estimate of drug-likeness (QED) is 0.708. The van der Waals surface area contributed by atoms with Crippen molar-refractivity contribution in [2.24, 2.45) is 0 Å². The lowest BCUT2D eigenvalue weighted by atomic mass is 9.84. The molecule has 31 heavy (non-hydrogen) atoms. The molecule has 2 heterocycles. The Bertz CT molecular complexity index is 932. The van der Waals surface area contributed by atoms with Crippen molar-refractivity contribution in [2.45, 2.75) is 43.6 Å². The first-order valence-corrected chi connectivity index (χ1v) is 10.6. The lowest BCUT2D eigenvalue weighted by Crippen LogP contribution is -2.47. The fourth-order valence-electron chi connectivity index (χ4n) is 4.48. The summed E-state index contributed by atoms with van der Waals surface area (Å²) in [6, 6.07) is 13.8. The van der Waals surface area contributed by atoms with Crippen LogP contribution in [0.4, 0.5) is 5.69 Å². The van der Waals surface area contributed by atoms with Crippen LogP contribution < -0.4 is 19.7 Å². The van der Waals surface area contributed by atoms with Gasteiger partial charge in [-0.3, -0.25) is 4.79 Å². The molecule has 0 spiro atoms. The van der Waals surface area contributed by atoms with E-state index >= 15 is 0 Å². The second-order valence-electron chi connectivity index (χ2n) is 8.31. The second-order valence-corrected chi connectivity index (χ2v) is 8.31. The monoisotopic (exact) mass is 426 g/mol. The van der Waals surface area contributed by atoms with Crippen LogP contribution in [0.5, 0.6) is 11.5 Å². The fourth-order valence-corrected chi connectivity index (χ4v) is 4.48. The Morgan fingerprint density at radius 3 is 2.81 bits per heavy atom. The van der Waals surface area contributed by atoms with Crippen LogP contribution in [0.15, 0.2) is 42.5 Å². The van der Waals surface area contributed by atoms with Gasteiger partial charge < -0.3 is 29.5 Å². The number of amides is 1. The van der Waals surface area contributed by atoms with Crippen molar-refractivity contribution in [1.29, 1.82) is 0 Å². The van der Waals surface area contributed by atoms with Gasteiger partial charge in [0, 0.05) is 43.4 Å². The molecule has 1 saturated heterocycles. The summed E-state index contributed by atoms with van der Waals surface area (Å²) in [4.78, 5) is 14.7. The molecule has 7 heteroatoms. The molecule has 0 unspecified atom stereocenters. The molecule has 2 aromatic carbocycles. The van der Waals surface area contributed by atoms with Gasteiger partial charge in [-0.1, -0.05) is 18.2 Å². The van der Waals surface area contributed by atoms with Gasteiger partial charge >= 0.3 is 0 Å². The molecule has 4 rings (SSSR count). The molecular weight excluding hydrogens is 396 g/mol. The van der Waals surface area contributed by atoms with Crippen molar-refractivity contribution in [3.8, 4) is 11.5 Å². The first kappa shape index (κ1) is 21.5. The molecule has 0 aliphatic carbocycles. The zero-order valence-electron chi connectivity index (χ0n) is 18.2. The third-order valence-electron chi connectivity index (χ3n) is 6.08. The van der Waals surface area contributed by atoms with E-state index in [-0.39, 0.29) is 37.1 Å². The number of hydrogen-bond donors (Lipinski definition) is 2. The molecule has 4 atom stereocenters. The Morgan fingerprint density at radius 1 is 1.26 bits per heavy atom. The zero-order valence-corrected chi connectivity index (χ0v) is 18.2. The van der Waals surface area contributed by atoms with Gasteiger partial charge in [0.25, 0.3) is 0 Å². The number of carbonyl (C=O) groups is 1. The minimum absolute atomic E-state index is 0.0905. The Morgan fingerprint density at radius 2 is 2.06 bits per heavy atom. The summed E-state index contributed by atoms with van der Waals surface area (Å²) >= 11 is 0. The Labute approximate surface area is 182 Å². The number of rotatable bonds is 7. The molecule has 2 aliphatic heterocycles. The number of nitrogens with one attached hydrogen (secondary N) is 1. The molecule has 2 aromatic rings. The SMILES string of the molecule is COc1ccccc1CNC(=O)C[C@H]1C[C@@H]2c3cc(N(C)C)ccc3O[C@@H]2[C@H](CO)O1. The number of para-hydroxylation sites is 1. The van der Waals surface area contributed by atoms with Gasteiger partial charge in [0.2, 0.25) is 5.91 Å². The number of aliphatic hydroxyl groups is 1. The normalized spacial score (nSPS) is 24.0. The first-order valence-electron chi connectivity index (χ1n) is 10.6. The Kier molecular flexibility index (Phi) is 6.34. The average Bonchev–Trinajstić information content (AvgIpc) is 3.15. The highest BCUT2D eigenvalue weighted by Gasteiger charge is 2.46. The molecule has 7 nitrogen and oxygen atoms in total. The molecule has 1 fully saturated rings. The van der Waals surface area contributed by atoms with Gasteiger partial charge in [-0.15, -0.1) is 0 Å². The fraction of sp³-hybridized carbons (Fsp3) is 0.458. The summed E-state index contributed by atoms with van der Waals surface area (Å²) in [6.07, 6.45) is -0.0649. The number of fused-ring (bicyclic) bond motifs is 3. The number of methoxy groups -OCH3 is 1. The second kappa shape index (κ2) is 9.16. The van der Waals surface area contributed by atoms with E-state index in [1.54, 1.807) is 7.11 Å². The van der Waals surface area contributed by atoms with E-state index in [1.807, 2.05) is 50.5 Å². The van der Waals surface area contributed by atoms with Crippen molar-refractivity contribution < 1.29 is 24.1 Å². The number of benzene rings is 2. The molecule has 2 N–H and O–H groups in total. The van der Waals surface area contributed by atoms with E-state index in [0.717, 1.165) is 28.3 Å². The number of aliphatic hydroxyl groups excluding tert-OH is 1. The third-order valence-corrected chi connectivity index (χ3v) is 6.08. The van der Waals surface area contributed by atoms with Crippen LogP contribution in [0.3, 0.4) is 0 Å². The van der Waals surface area contributed by atoms with Crippen molar-refractivity contribution in [1.82, 2.24) is 5.32 Å². The van der Waals surface area contributed by atoms with Gasteiger partial charge in [0.1, 0.15) is 23.7 Å². The highest BCUT2D eigenvalue weighted by molar-refractivity contribution is 5.76. The molecule has 0 bridgehead atoms. The summed E-state index contributed by atoms with van der Waals surface area (Å²) in [5.74, 6) is 1.58. The van der Waals surface area contributed by atoms with E-state index in [2.05, 4.69) is 16.3 Å². The van der Waals surface area contributed by atoms with Gasteiger partial charge in [-0.05, 0) is 30.7 Å². The van der Waals surface area contributed by atoms with E-state index in [1.165, 1.54) is 0 Å². The third kappa shape index (κ3) is 4.48. The van der Waals surface area contributed by atoms with Crippen molar-refractivity contribution >= 4 is 11.6 Å². The maximum absolute atomic E-state index is 12.6. The van der Waals surface area contributed by atoms with Crippen molar-refractivity contribution in [3.63, 3.8) is 0 Å². The molecule has 166 valence electrons. The number of hydrogen-bond acceptors (Lipinski definition) is 6. The van der Waals surface area contributed by atoms with Gasteiger partial charge in [0.15, 0.2) is 0 Å². The van der Waals surface area contributed by atoms with Crippen LogP contribution in [0.25, 0.3) is 0 Å². The Hall–Kier alpha value is -2.77. The molecular formula is C24H30N2O5. The average molecular weight is 427 g/mol. The smallest absolute Gasteiger partial charge is 0.222 e. The predicted octanol–water partition coefficient (Wildman–Crippen LogP) is 2.46. The van der Waals surface area contributed by atoms with Gasteiger partial charge in [-0.2, -0.15) is 0 Å². The van der Waals surface area contributed by atoms with Gasteiger partial charge in [0.05, 0.1) is 26.2 Å². The summed E-state index contributed by atoms with van der Waals surface area (Å²) in [7, 11) is 5.62. The number of ether oxygens (including phenoxy) is 3. The predicted molar refractivity (Wildman–Crippen MR) is 118 cm³/mol. The number of nitrogens with zero attached hydrogens (tertiary/aromatic N) is 1. The standard InChI is InChI=1S/C24H30N2O5/c1-26(2)16-8-9-21-18(10-16)19-11-17(30-22(14-27)24(19)31-21)12-23(28)25-13-15-6-4-5-7-20(15)29-3/h4-10,17,19,22,24,27H,11-14H2,1-3H3,(H,25,28)/t17-,19-,22+,24+/m1/s1. The summed E-state index contributed by atoms with van der Waals surface area (Å²) in [6.45, 7) is 0.248. The summed E-state index contributed by atoms with van der Waals surface area (Å²) < 4.78 is 17.5. The minimum Gasteiger partial charge on any atom is -0.496 e. The number of anilines is 1. The first-order chi connectivity index (χ1) is 15.0. The summed E-state index contributed by atoms with van der Waals surface area (Å²) in [5, 5.41) is 12.9. The lowest BCUT2D eigenvalue weighted by molar-refractivity contribution is -0.142. The van der Waals surface area contributed by atoms with Crippen LogP contribution in [0.2, 0.25) is 0 Å². The number of carbonyl (C=O) groups excluding carboxylic acids is 1. The van der Waals surface area contributed by atoms with E-state index < -0.39 is 6.10 Å². The van der Waals surface area contributed by atoms with E-state index in [4.69, 9.17) is 14.2 Å². The van der Waals surface area contributed by atoms with Crippen LogP contribution in [0, 0.1) is 0 Å². The largest absolute Gasteiger partial charge is 0.496 e. The molecule has 0 radical (unpaired) electrons. The van der Waals surface area contributed by atoms with Crippen molar-refractivity contribution in [3.05, 3.63) is 53.6 Å². The molecule has 0 saturated carbocycles. The van der Waals surface area contributed by atoms with E-state index in [0.29, 0.717) is 13.0 Å². The van der Waals surface area contributed by atoms with Crippen LogP contribution in [-0.2, 0) is 16.1 Å². The van der Waals surface area contributed by atoms with Crippen LogP contribution in [-0.4, -0.2) is 57.1 Å². The maximum atomic E-state index is 12.6. The molecule has 1 amide bonds. The topological polar surface area (TPSA) is 80.3 Å². The maximum Gasteiger partial charge on any atom is 0.222 e. The zero-order chi connectivity index (χ0) is 22.0. The van der Waals surface area contributed by atoms with Crippen LogP contribution >= 0.6 is 0 Å². The van der Waals surface area contributed by atoms with E-state index in [9.17, 15) is 9.90 Å². The van der Waals surface area contributed by atoms with Gasteiger partial charge in [-0.25, -0.2) is 0 Å². The van der Waals surface area contributed by atoms with Crippen molar-refractivity contribution in [2.75, 3.05) is 32.7 Å². The minimum atomic E-state index is -0.457. The highest BCUT2D eigenvalue weighted by Crippen LogP contribution is 2.47. The highest BCUT2D eigenvalue weighted by atomic mass is 16.6. The summed E-state index contributed by atoms with van der Waals surface area (Å²) in [5.41, 5.74) is 3.14. The lowest BCUT2D eigenvalue weighted by Gasteiger charge is -2.37. The molecule has 2 aliphatic rings.